The summed E-state index contributed by atoms with van der Waals surface area (Å²) in [4.78, 5) is 23.7. The van der Waals surface area contributed by atoms with E-state index in [1.165, 1.54) is 0 Å². The van der Waals surface area contributed by atoms with Crippen LogP contribution in [0.2, 0.25) is 0 Å². The molecular weight excluding hydrogens is 324 g/mol. The topological polar surface area (TPSA) is 85.9 Å². The second-order valence-corrected chi connectivity index (χ2v) is 6.83. The van der Waals surface area contributed by atoms with Gasteiger partial charge in [-0.3, -0.25) is 4.79 Å². The fourth-order valence-corrected chi connectivity index (χ4v) is 2.23. The van der Waals surface area contributed by atoms with Crippen LogP contribution in [0.1, 0.15) is 36.7 Å². The van der Waals surface area contributed by atoms with E-state index in [9.17, 15) is 9.59 Å². The Hall–Kier alpha value is -2.12. The highest BCUT2D eigenvalue weighted by molar-refractivity contribution is 5.94. The van der Waals surface area contributed by atoms with Crippen LogP contribution in [-0.4, -0.2) is 50.1 Å². The first-order valence-corrected chi connectivity index (χ1v) is 8.37. The van der Waals surface area contributed by atoms with E-state index >= 15 is 0 Å². The Labute approximate surface area is 148 Å². The highest BCUT2D eigenvalue weighted by atomic mass is 16.6. The van der Waals surface area contributed by atoms with Crippen LogP contribution in [0.5, 0.6) is 0 Å². The third-order valence-corrected chi connectivity index (χ3v) is 3.43. The van der Waals surface area contributed by atoms with Gasteiger partial charge in [0.1, 0.15) is 5.60 Å². The number of benzene rings is 1. The van der Waals surface area contributed by atoms with Crippen LogP contribution in [0, 0.1) is 0 Å². The summed E-state index contributed by atoms with van der Waals surface area (Å²) in [5, 5.41) is 5.51. The summed E-state index contributed by atoms with van der Waals surface area (Å²) >= 11 is 0. The number of carbonyl (C=O) groups is 2. The SMILES string of the molecule is CC(C)(C)OC(=O)NCc1ccc(C(=O)NC[C@@H]2COCCO2)cc1. The highest BCUT2D eigenvalue weighted by Crippen LogP contribution is 2.08. The van der Waals surface area contributed by atoms with Gasteiger partial charge in [-0.1, -0.05) is 12.1 Å². The van der Waals surface area contributed by atoms with Crippen molar-refractivity contribution in [2.75, 3.05) is 26.4 Å². The fraction of sp³-hybridized carbons (Fsp3) is 0.556. The molecule has 2 amide bonds. The number of carbonyl (C=O) groups excluding carboxylic acids is 2. The van der Waals surface area contributed by atoms with E-state index in [2.05, 4.69) is 10.6 Å². The Bertz CT molecular complexity index is 574. The van der Waals surface area contributed by atoms with Crippen LogP contribution in [-0.2, 0) is 20.8 Å². The Morgan fingerprint density at radius 1 is 1.16 bits per heavy atom. The van der Waals surface area contributed by atoms with Crippen molar-refractivity contribution in [3.05, 3.63) is 35.4 Å². The number of hydrogen-bond acceptors (Lipinski definition) is 5. The molecule has 1 fully saturated rings. The van der Waals surface area contributed by atoms with Gasteiger partial charge in [-0.15, -0.1) is 0 Å². The van der Waals surface area contributed by atoms with Crippen LogP contribution >= 0.6 is 0 Å². The van der Waals surface area contributed by atoms with Gasteiger partial charge in [0.15, 0.2) is 0 Å². The summed E-state index contributed by atoms with van der Waals surface area (Å²) in [5.41, 5.74) is 0.906. The second kappa shape index (κ2) is 8.82. The molecule has 1 saturated heterocycles. The zero-order valence-corrected chi connectivity index (χ0v) is 15.0. The predicted octanol–water partition coefficient (Wildman–Crippen LogP) is 1.86. The lowest BCUT2D eigenvalue weighted by molar-refractivity contribution is -0.0855. The summed E-state index contributed by atoms with van der Waals surface area (Å²) in [7, 11) is 0. The molecule has 2 rings (SSSR count). The van der Waals surface area contributed by atoms with E-state index in [0.717, 1.165) is 5.56 Å². The van der Waals surface area contributed by atoms with Crippen LogP contribution in [0.4, 0.5) is 4.79 Å². The largest absolute Gasteiger partial charge is 0.444 e. The van der Waals surface area contributed by atoms with Gasteiger partial charge in [0.2, 0.25) is 0 Å². The second-order valence-electron chi connectivity index (χ2n) is 6.83. The Balaban J connectivity index is 1.76. The van der Waals surface area contributed by atoms with E-state index in [1.807, 2.05) is 20.8 Å². The first-order chi connectivity index (χ1) is 11.8. The van der Waals surface area contributed by atoms with Crippen molar-refractivity contribution in [2.24, 2.45) is 0 Å². The molecule has 0 unspecified atom stereocenters. The smallest absolute Gasteiger partial charge is 0.407 e. The number of ether oxygens (including phenoxy) is 3. The van der Waals surface area contributed by atoms with E-state index in [1.54, 1.807) is 24.3 Å². The summed E-state index contributed by atoms with van der Waals surface area (Å²) in [6.45, 7) is 7.84. The lowest BCUT2D eigenvalue weighted by Crippen LogP contribution is -2.39. The molecule has 1 atom stereocenters. The van der Waals surface area contributed by atoms with E-state index < -0.39 is 11.7 Å². The van der Waals surface area contributed by atoms with Gasteiger partial charge in [-0.2, -0.15) is 0 Å². The third kappa shape index (κ3) is 7.11. The summed E-state index contributed by atoms with van der Waals surface area (Å²) < 4.78 is 15.9. The van der Waals surface area contributed by atoms with Crippen molar-refractivity contribution in [3.8, 4) is 0 Å². The first kappa shape index (κ1) is 19.2. The Morgan fingerprint density at radius 2 is 1.88 bits per heavy atom. The van der Waals surface area contributed by atoms with Crippen molar-refractivity contribution in [3.63, 3.8) is 0 Å². The summed E-state index contributed by atoms with van der Waals surface area (Å²) in [5.74, 6) is -0.166. The molecule has 1 aromatic carbocycles. The predicted molar refractivity (Wildman–Crippen MR) is 92.4 cm³/mol. The normalized spacial score (nSPS) is 17.6. The quantitative estimate of drug-likeness (QED) is 0.846. The van der Waals surface area contributed by atoms with Crippen molar-refractivity contribution in [2.45, 2.75) is 39.0 Å². The molecule has 0 bridgehead atoms. The van der Waals surface area contributed by atoms with Crippen molar-refractivity contribution < 1.29 is 23.8 Å². The number of amides is 2. The molecule has 0 saturated carbocycles. The molecule has 1 aliphatic rings. The van der Waals surface area contributed by atoms with Gasteiger partial charge in [0, 0.05) is 18.7 Å². The average Bonchev–Trinajstić information content (AvgIpc) is 2.58. The van der Waals surface area contributed by atoms with Crippen LogP contribution in [0.15, 0.2) is 24.3 Å². The molecule has 7 nitrogen and oxygen atoms in total. The van der Waals surface area contributed by atoms with E-state index in [0.29, 0.717) is 38.5 Å². The molecule has 138 valence electrons. The van der Waals surface area contributed by atoms with Gasteiger partial charge in [0.25, 0.3) is 5.91 Å². The summed E-state index contributed by atoms with van der Waals surface area (Å²) in [6.07, 6.45) is -0.570. The zero-order chi connectivity index (χ0) is 18.3. The molecule has 0 aromatic heterocycles. The minimum atomic E-state index is -0.529. The highest BCUT2D eigenvalue weighted by Gasteiger charge is 2.17. The average molecular weight is 350 g/mol. The molecule has 1 aliphatic heterocycles. The maximum Gasteiger partial charge on any atom is 0.407 e. The monoisotopic (exact) mass is 350 g/mol. The molecule has 7 heteroatoms. The minimum Gasteiger partial charge on any atom is -0.444 e. The van der Waals surface area contributed by atoms with Crippen molar-refractivity contribution >= 4 is 12.0 Å². The van der Waals surface area contributed by atoms with Crippen LogP contribution in [0.25, 0.3) is 0 Å². The molecule has 25 heavy (non-hydrogen) atoms. The molecule has 1 aromatic rings. The number of hydrogen-bond donors (Lipinski definition) is 2. The molecule has 0 radical (unpaired) electrons. The van der Waals surface area contributed by atoms with Crippen LogP contribution in [0.3, 0.4) is 0 Å². The maximum absolute atomic E-state index is 12.1. The van der Waals surface area contributed by atoms with E-state index in [4.69, 9.17) is 14.2 Å². The molecule has 0 aliphatic carbocycles. The van der Waals surface area contributed by atoms with Crippen LogP contribution < -0.4 is 10.6 Å². The number of alkyl carbamates (subject to hydrolysis) is 1. The molecule has 0 spiro atoms. The molecule has 2 N–H and O–H groups in total. The summed E-state index contributed by atoms with van der Waals surface area (Å²) in [6, 6.07) is 7.04. The zero-order valence-electron chi connectivity index (χ0n) is 15.0. The van der Waals surface area contributed by atoms with E-state index in [-0.39, 0.29) is 12.0 Å². The Kier molecular flexibility index (Phi) is 6.78. The first-order valence-electron chi connectivity index (χ1n) is 8.37. The van der Waals surface area contributed by atoms with Crippen molar-refractivity contribution in [1.82, 2.24) is 10.6 Å². The van der Waals surface area contributed by atoms with Gasteiger partial charge in [-0.25, -0.2) is 4.79 Å². The lowest BCUT2D eigenvalue weighted by Gasteiger charge is -2.23. The molecular formula is C18H26N2O5. The maximum atomic E-state index is 12.1. The van der Waals surface area contributed by atoms with Crippen molar-refractivity contribution in [1.29, 1.82) is 0 Å². The standard InChI is InChI=1S/C18H26N2O5/c1-18(2,3)25-17(22)20-10-13-4-6-14(7-5-13)16(21)19-11-15-12-23-8-9-24-15/h4-7,15H,8-12H2,1-3H3,(H,19,21)(H,20,22)/t15-/m1/s1. The number of rotatable bonds is 5. The molecule has 1 heterocycles. The van der Waals surface area contributed by atoms with Gasteiger partial charge >= 0.3 is 6.09 Å². The third-order valence-electron chi connectivity index (χ3n) is 3.43. The lowest BCUT2D eigenvalue weighted by atomic mass is 10.1. The Morgan fingerprint density at radius 3 is 2.48 bits per heavy atom. The van der Waals surface area contributed by atoms with Gasteiger partial charge in [0.05, 0.1) is 25.9 Å². The number of nitrogens with one attached hydrogen (secondary N) is 2. The minimum absolute atomic E-state index is 0.102. The fourth-order valence-electron chi connectivity index (χ4n) is 2.23. The van der Waals surface area contributed by atoms with Gasteiger partial charge < -0.3 is 24.8 Å². The van der Waals surface area contributed by atoms with Gasteiger partial charge in [-0.05, 0) is 38.5 Å².